The zero-order valence-electron chi connectivity index (χ0n) is 28.0. The Morgan fingerprint density at radius 2 is 1.64 bits per heavy atom. The van der Waals surface area contributed by atoms with Crippen LogP contribution >= 0.6 is 0 Å². The Bertz CT molecular complexity index is 1220. The van der Waals surface area contributed by atoms with Crippen LogP contribution in [0.2, 0.25) is 0 Å². The van der Waals surface area contributed by atoms with Gasteiger partial charge in [0.15, 0.2) is 0 Å². The van der Waals surface area contributed by atoms with Crippen LogP contribution in [0.4, 0.5) is 9.59 Å². The van der Waals surface area contributed by atoms with E-state index in [-0.39, 0.29) is 29.7 Å². The third-order valence-electron chi connectivity index (χ3n) is 10.4. The highest BCUT2D eigenvalue weighted by Gasteiger charge is 2.70. The van der Waals surface area contributed by atoms with Crippen LogP contribution in [0, 0.1) is 34.0 Å². The molecular formula is C32H52N6O7. The zero-order chi connectivity index (χ0) is 33.6. The van der Waals surface area contributed by atoms with Crippen LogP contribution < -0.4 is 21.7 Å². The highest BCUT2D eigenvalue weighted by atomic mass is 16.6. The molecule has 0 aromatic carbocycles. The topological polar surface area (TPSA) is 180 Å². The highest BCUT2D eigenvalue weighted by Crippen LogP contribution is 2.65. The van der Waals surface area contributed by atoms with Crippen molar-refractivity contribution in [2.45, 2.75) is 105 Å². The molecule has 6 amide bonds. The third kappa shape index (κ3) is 7.38. The molecule has 45 heavy (non-hydrogen) atoms. The third-order valence-corrected chi connectivity index (χ3v) is 10.4. The van der Waals surface area contributed by atoms with Crippen LogP contribution in [0.3, 0.4) is 0 Å². The molecule has 13 nitrogen and oxygen atoms in total. The summed E-state index contributed by atoms with van der Waals surface area (Å²) >= 11 is 0. The number of nitrogens with one attached hydrogen (secondary N) is 3. The summed E-state index contributed by atoms with van der Waals surface area (Å²) in [6.45, 7) is 16.8. The molecule has 6 atom stereocenters. The first-order valence-electron chi connectivity index (χ1n) is 16.2. The van der Waals surface area contributed by atoms with Gasteiger partial charge in [-0.2, -0.15) is 0 Å². The van der Waals surface area contributed by atoms with E-state index in [0.717, 1.165) is 19.3 Å². The summed E-state index contributed by atoms with van der Waals surface area (Å²) in [6.07, 6.45) is 2.78. The van der Waals surface area contributed by atoms with Gasteiger partial charge in [0.1, 0.15) is 18.7 Å². The number of Topliss-reactive ketones (excluding diaryl/α,β-unsaturated/α-hetero) is 1. The second-order valence-electron chi connectivity index (χ2n) is 16.1. The quantitative estimate of drug-likeness (QED) is 0.251. The normalized spacial score (nSPS) is 26.1. The number of hydrogen-bond donors (Lipinski definition) is 4. The lowest BCUT2D eigenvalue weighted by Gasteiger charge is -2.39. The highest BCUT2D eigenvalue weighted by molar-refractivity contribution is 6.37. The number of nitrogens with zero attached hydrogens (tertiary/aromatic N) is 2. The van der Waals surface area contributed by atoms with Crippen LogP contribution in [-0.2, 0) is 23.9 Å². The Morgan fingerprint density at radius 3 is 2.13 bits per heavy atom. The number of fused-ring (bicyclic) bond motifs is 1. The molecule has 5 N–H and O–H groups in total. The minimum atomic E-state index is -1.10. The molecule has 4 fully saturated rings. The van der Waals surface area contributed by atoms with E-state index in [4.69, 9.17) is 10.5 Å². The van der Waals surface area contributed by atoms with Crippen LogP contribution in [0.5, 0.6) is 0 Å². The summed E-state index contributed by atoms with van der Waals surface area (Å²) in [7, 11) is 0. The Kier molecular flexibility index (Phi) is 9.53. The Hall–Kier alpha value is -3.38. The zero-order valence-corrected chi connectivity index (χ0v) is 28.0. The van der Waals surface area contributed by atoms with Crippen molar-refractivity contribution in [1.29, 1.82) is 0 Å². The maximum Gasteiger partial charge on any atom is 0.410 e. The van der Waals surface area contributed by atoms with Crippen molar-refractivity contribution >= 4 is 35.6 Å². The fraction of sp³-hybridized carbons (Fsp3) is 0.812. The lowest BCUT2D eigenvalue weighted by molar-refractivity contribution is -0.145. The van der Waals surface area contributed by atoms with E-state index in [2.05, 4.69) is 29.8 Å². The lowest BCUT2D eigenvalue weighted by atomic mass is 9.80. The van der Waals surface area contributed by atoms with E-state index in [1.807, 2.05) is 41.5 Å². The summed E-state index contributed by atoms with van der Waals surface area (Å²) < 4.78 is 5.05. The first kappa shape index (κ1) is 34.5. The Morgan fingerprint density at radius 1 is 1.00 bits per heavy atom. The number of primary amides is 1. The van der Waals surface area contributed by atoms with Gasteiger partial charge in [-0.15, -0.1) is 0 Å². The molecule has 0 bridgehead atoms. The van der Waals surface area contributed by atoms with Crippen molar-refractivity contribution in [3.63, 3.8) is 0 Å². The maximum absolute atomic E-state index is 14.3. The average Bonchev–Trinajstić information content (AvgIpc) is 3.24. The predicted molar refractivity (Wildman–Crippen MR) is 165 cm³/mol. The predicted octanol–water partition coefficient (Wildman–Crippen LogP) is 1.78. The van der Waals surface area contributed by atoms with Crippen LogP contribution in [0.15, 0.2) is 0 Å². The molecule has 2 saturated heterocycles. The molecule has 0 aromatic heterocycles. The molecule has 0 aromatic rings. The largest absolute Gasteiger partial charge is 0.448 e. The molecule has 0 radical (unpaired) electrons. The Balaban J connectivity index is 1.51. The molecule has 13 heteroatoms. The number of ether oxygens (including phenoxy) is 1. The number of ketones is 1. The van der Waals surface area contributed by atoms with Gasteiger partial charge in [0.2, 0.25) is 17.6 Å². The van der Waals surface area contributed by atoms with Crippen LogP contribution in [0.1, 0.15) is 81.1 Å². The van der Waals surface area contributed by atoms with Gasteiger partial charge in [-0.3, -0.25) is 19.2 Å². The number of amides is 6. The van der Waals surface area contributed by atoms with E-state index < -0.39 is 70.6 Å². The minimum absolute atomic E-state index is 0.0778. The molecular weight excluding hydrogens is 580 g/mol. The number of cyclic esters (lactones) is 1. The minimum Gasteiger partial charge on any atom is -0.448 e. The van der Waals surface area contributed by atoms with Gasteiger partial charge in [-0.1, -0.05) is 74.7 Å². The first-order chi connectivity index (χ1) is 20.7. The van der Waals surface area contributed by atoms with E-state index >= 15 is 0 Å². The van der Waals surface area contributed by atoms with Crippen molar-refractivity contribution in [2.75, 3.05) is 26.2 Å². The van der Waals surface area contributed by atoms with Crippen molar-refractivity contribution in [1.82, 2.24) is 25.8 Å². The van der Waals surface area contributed by atoms with Gasteiger partial charge in [0.05, 0.1) is 18.6 Å². The molecule has 2 aliphatic heterocycles. The summed E-state index contributed by atoms with van der Waals surface area (Å²) in [5, 5.41) is 8.63. The molecule has 2 heterocycles. The molecule has 1 unspecified atom stereocenters. The number of carbonyl (C=O) groups is 6. The summed E-state index contributed by atoms with van der Waals surface area (Å²) in [6, 6.07) is -3.88. The summed E-state index contributed by atoms with van der Waals surface area (Å²) in [5.41, 5.74) is 4.01. The number of likely N-dealkylation sites (tertiary alicyclic amines) is 1. The molecule has 2 saturated carbocycles. The first-order valence-corrected chi connectivity index (χ1v) is 16.2. The van der Waals surface area contributed by atoms with Gasteiger partial charge in [-0.25, -0.2) is 9.59 Å². The van der Waals surface area contributed by atoms with E-state index in [1.54, 1.807) is 4.90 Å². The monoisotopic (exact) mass is 632 g/mol. The van der Waals surface area contributed by atoms with Gasteiger partial charge in [-0.05, 0) is 40.4 Å². The lowest BCUT2D eigenvalue weighted by Crippen LogP contribution is -2.62. The van der Waals surface area contributed by atoms with E-state index in [0.29, 0.717) is 26.1 Å². The number of nitrogens with two attached hydrogens (primary N) is 1. The van der Waals surface area contributed by atoms with Crippen molar-refractivity contribution in [3.8, 4) is 0 Å². The SMILES string of the molecule is CC(C)(C)[C@H](NC(=O)N[C@H](CN1CCOC1=O)C(C)(C)C)C(=O)N1C[C@H]2[C@@H]([C@H]1C(=O)NC(CC1CCC1)C(=O)C(N)=O)C2(C)C. The Labute approximate surface area is 266 Å². The van der Waals surface area contributed by atoms with Gasteiger partial charge in [0.25, 0.3) is 5.91 Å². The van der Waals surface area contributed by atoms with Crippen LogP contribution in [-0.4, -0.2) is 95.8 Å². The molecule has 4 rings (SSSR count). The van der Waals surface area contributed by atoms with Crippen molar-refractivity contribution in [2.24, 2.45) is 39.7 Å². The molecule has 0 spiro atoms. The number of urea groups is 1. The fourth-order valence-electron chi connectivity index (χ4n) is 7.03. The number of rotatable bonds is 11. The molecule has 2 aliphatic carbocycles. The molecule has 4 aliphatic rings. The number of carbonyl (C=O) groups excluding carboxylic acids is 6. The number of hydrogen-bond acceptors (Lipinski definition) is 7. The standard InChI is InChI=1S/C32H52N6O7/c1-30(2,3)20(16-37-12-13-45-29(37)44)35-28(43)36-24(31(4,5)6)27(42)38-15-18-21(32(18,7)8)22(38)26(41)34-19(23(39)25(33)40)14-17-10-9-11-17/h17-22,24H,9-16H2,1-8H3,(H2,33,40)(H,34,41)(H2,35,36,43)/t18-,19?,20+,21-,22-,24+/m0/s1. The van der Waals surface area contributed by atoms with Gasteiger partial charge >= 0.3 is 12.1 Å². The molecule has 252 valence electrons. The maximum atomic E-state index is 14.3. The fourth-order valence-corrected chi connectivity index (χ4v) is 7.03. The van der Waals surface area contributed by atoms with Gasteiger partial charge in [0, 0.05) is 13.1 Å². The summed E-state index contributed by atoms with van der Waals surface area (Å²) in [5.74, 6) is -2.63. The van der Waals surface area contributed by atoms with E-state index in [9.17, 15) is 28.8 Å². The smallest absolute Gasteiger partial charge is 0.410 e. The van der Waals surface area contributed by atoms with Gasteiger partial charge < -0.3 is 36.2 Å². The van der Waals surface area contributed by atoms with E-state index in [1.165, 1.54) is 4.90 Å². The average molecular weight is 633 g/mol. The number of piperidine rings is 1. The summed E-state index contributed by atoms with van der Waals surface area (Å²) in [4.78, 5) is 81.3. The van der Waals surface area contributed by atoms with Crippen molar-refractivity contribution < 1.29 is 33.5 Å². The van der Waals surface area contributed by atoms with Crippen LogP contribution in [0.25, 0.3) is 0 Å². The van der Waals surface area contributed by atoms with Crippen molar-refractivity contribution in [3.05, 3.63) is 0 Å². The second kappa shape index (κ2) is 12.4. The second-order valence-corrected chi connectivity index (χ2v) is 16.1.